The lowest BCUT2D eigenvalue weighted by molar-refractivity contribution is -0.121. The van der Waals surface area contributed by atoms with E-state index in [1.807, 2.05) is 24.3 Å². The van der Waals surface area contributed by atoms with Gasteiger partial charge in [-0.15, -0.1) is 0 Å². The maximum atomic E-state index is 12.0. The molecule has 120 valence electrons. The van der Waals surface area contributed by atoms with Crippen molar-refractivity contribution in [1.29, 1.82) is 0 Å². The SMILES string of the molecule is Cn1ccc(CN2CCNC(=O)C[C@H]2c2ccccc2)cc1=O. The minimum absolute atomic E-state index is 0.0113. The van der Waals surface area contributed by atoms with Crippen molar-refractivity contribution in [3.63, 3.8) is 0 Å². The smallest absolute Gasteiger partial charge is 0.250 e. The highest BCUT2D eigenvalue weighted by molar-refractivity contribution is 5.77. The maximum absolute atomic E-state index is 12.0. The average molecular weight is 311 g/mol. The second kappa shape index (κ2) is 6.79. The third-order valence-electron chi connectivity index (χ3n) is 4.28. The molecular weight excluding hydrogens is 290 g/mol. The standard InChI is InChI=1S/C18H21N3O2/c1-20-9-7-14(11-18(20)23)13-21-10-8-19-17(22)12-16(21)15-5-3-2-4-6-15/h2-7,9,11,16H,8,10,12-13H2,1H3,(H,19,22)/t16-/m0/s1. The van der Waals surface area contributed by atoms with E-state index in [2.05, 4.69) is 22.3 Å². The highest BCUT2D eigenvalue weighted by Gasteiger charge is 2.26. The number of hydrogen-bond donors (Lipinski definition) is 1. The Balaban J connectivity index is 1.88. The number of nitrogens with zero attached hydrogens (tertiary/aromatic N) is 2. The van der Waals surface area contributed by atoms with Crippen molar-refractivity contribution in [2.45, 2.75) is 19.0 Å². The number of hydrogen-bond acceptors (Lipinski definition) is 3. The normalized spacial score (nSPS) is 19.2. The van der Waals surface area contributed by atoms with Gasteiger partial charge in [-0.05, 0) is 17.2 Å². The molecule has 1 aliphatic rings. The summed E-state index contributed by atoms with van der Waals surface area (Å²) in [6, 6.07) is 13.7. The van der Waals surface area contributed by atoms with Gasteiger partial charge in [-0.3, -0.25) is 14.5 Å². The van der Waals surface area contributed by atoms with Gasteiger partial charge in [-0.2, -0.15) is 0 Å². The van der Waals surface area contributed by atoms with Crippen molar-refractivity contribution < 1.29 is 4.79 Å². The fourth-order valence-corrected chi connectivity index (χ4v) is 2.99. The molecule has 1 atom stereocenters. The molecule has 0 spiro atoms. The Morgan fingerprint density at radius 3 is 2.70 bits per heavy atom. The van der Waals surface area contributed by atoms with E-state index in [0.717, 1.165) is 17.7 Å². The molecule has 2 aromatic rings. The minimum Gasteiger partial charge on any atom is -0.355 e. The lowest BCUT2D eigenvalue weighted by Crippen LogP contribution is -2.31. The summed E-state index contributed by atoms with van der Waals surface area (Å²) in [4.78, 5) is 26.1. The molecule has 0 aliphatic carbocycles. The third kappa shape index (κ3) is 3.68. The van der Waals surface area contributed by atoms with Gasteiger partial charge in [0.2, 0.25) is 5.91 Å². The fourth-order valence-electron chi connectivity index (χ4n) is 2.99. The van der Waals surface area contributed by atoms with Gasteiger partial charge in [0.05, 0.1) is 0 Å². The van der Waals surface area contributed by atoms with Crippen molar-refractivity contribution in [1.82, 2.24) is 14.8 Å². The van der Waals surface area contributed by atoms with Crippen molar-refractivity contribution >= 4 is 5.91 Å². The summed E-state index contributed by atoms with van der Waals surface area (Å²) in [5, 5.41) is 2.93. The molecule has 1 saturated heterocycles. The van der Waals surface area contributed by atoms with E-state index in [9.17, 15) is 9.59 Å². The molecule has 5 heteroatoms. The molecule has 0 saturated carbocycles. The van der Waals surface area contributed by atoms with Crippen LogP contribution in [0.25, 0.3) is 0 Å². The third-order valence-corrected chi connectivity index (χ3v) is 4.28. The predicted octanol–water partition coefficient (Wildman–Crippen LogP) is 1.45. The van der Waals surface area contributed by atoms with E-state index in [1.165, 1.54) is 0 Å². The molecule has 1 N–H and O–H groups in total. The topological polar surface area (TPSA) is 54.3 Å². The monoisotopic (exact) mass is 311 g/mol. The van der Waals surface area contributed by atoms with E-state index < -0.39 is 0 Å². The lowest BCUT2D eigenvalue weighted by Gasteiger charge is -2.29. The molecule has 5 nitrogen and oxygen atoms in total. The first-order valence-corrected chi connectivity index (χ1v) is 7.85. The molecule has 1 aliphatic heterocycles. The number of carbonyl (C=O) groups excluding carboxylic acids is 1. The van der Waals surface area contributed by atoms with E-state index in [4.69, 9.17) is 0 Å². The first-order valence-electron chi connectivity index (χ1n) is 7.85. The van der Waals surface area contributed by atoms with Crippen LogP contribution in [0.1, 0.15) is 23.6 Å². The zero-order chi connectivity index (χ0) is 16.2. The van der Waals surface area contributed by atoms with Gasteiger partial charge in [0, 0.05) is 51.4 Å². The van der Waals surface area contributed by atoms with Gasteiger partial charge in [0.1, 0.15) is 0 Å². The van der Waals surface area contributed by atoms with Crippen LogP contribution in [-0.2, 0) is 18.4 Å². The Labute approximate surface area is 135 Å². The van der Waals surface area contributed by atoms with Crippen molar-refractivity contribution in [3.8, 4) is 0 Å². The van der Waals surface area contributed by atoms with Gasteiger partial charge < -0.3 is 9.88 Å². The number of nitrogens with one attached hydrogen (secondary N) is 1. The number of pyridine rings is 1. The predicted molar refractivity (Wildman–Crippen MR) is 88.9 cm³/mol. The van der Waals surface area contributed by atoms with Gasteiger partial charge in [0.15, 0.2) is 0 Å². The second-order valence-corrected chi connectivity index (χ2v) is 5.94. The Bertz CT molecular complexity index is 739. The minimum atomic E-state index is -0.0113. The summed E-state index contributed by atoms with van der Waals surface area (Å²) >= 11 is 0. The average Bonchev–Trinajstić information content (AvgIpc) is 2.73. The summed E-state index contributed by atoms with van der Waals surface area (Å²) in [5.74, 6) is 0.0744. The van der Waals surface area contributed by atoms with Crippen LogP contribution < -0.4 is 10.9 Å². The Morgan fingerprint density at radius 1 is 1.17 bits per heavy atom. The summed E-state index contributed by atoms with van der Waals surface area (Å²) in [7, 11) is 1.74. The molecule has 0 radical (unpaired) electrons. The molecule has 1 fully saturated rings. The van der Waals surface area contributed by atoms with Crippen LogP contribution in [-0.4, -0.2) is 28.5 Å². The first-order chi connectivity index (χ1) is 11.1. The number of carbonyl (C=O) groups is 1. The Kier molecular flexibility index (Phi) is 4.57. The summed E-state index contributed by atoms with van der Waals surface area (Å²) < 4.78 is 1.56. The van der Waals surface area contributed by atoms with Gasteiger partial charge in [-0.1, -0.05) is 30.3 Å². The number of aryl methyl sites for hydroxylation is 1. The number of aromatic nitrogens is 1. The number of benzene rings is 1. The van der Waals surface area contributed by atoms with Crippen LogP contribution in [0, 0.1) is 0 Å². The Hall–Kier alpha value is -2.40. The van der Waals surface area contributed by atoms with Crippen LogP contribution in [0.2, 0.25) is 0 Å². The molecule has 1 aromatic heterocycles. The van der Waals surface area contributed by atoms with Crippen LogP contribution in [0.4, 0.5) is 0 Å². The van der Waals surface area contributed by atoms with E-state index >= 15 is 0 Å². The van der Waals surface area contributed by atoms with Crippen molar-refractivity contribution in [2.75, 3.05) is 13.1 Å². The van der Waals surface area contributed by atoms with Gasteiger partial charge in [-0.25, -0.2) is 0 Å². The summed E-state index contributed by atoms with van der Waals surface area (Å²) in [6.07, 6.45) is 2.23. The number of rotatable bonds is 3. The number of amides is 1. The first kappa shape index (κ1) is 15.5. The van der Waals surface area contributed by atoms with Crippen molar-refractivity contribution in [2.24, 2.45) is 7.05 Å². The van der Waals surface area contributed by atoms with Crippen LogP contribution >= 0.6 is 0 Å². The van der Waals surface area contributed by atoms with Crippen molar-refractivity contribution in [3.05, 3.63) is 70.1 Å². The molecule has 1 aromatic carbocycles. The molecule has 2 heterocycles. The van der Waals surface area contributed by atoms with Crippen LogP contribution in [0.3, 0.4) is 0 Å². The zero-order valence-corrected chi connectivity index (χ0v) is 13.2. The van der Waals surface area contributed by atoms with Crippen LogP contribution in [0.5, 0.6) is 0 Å². The zero-order valence-electron chi connectivity index (χ0n) is 13.2. The van der Waals surface area contributed by atoms with Gasteiger partial charge in [0.25, 0.3) is 5.56 Å². The molecule has 23 heavy (non-hydrogen) atoms. The highest BCUT2D eigenvalue weighted by atomic mass is 16.1. The molecule has 0 unspecified atom stereocenters. The molecular formula is C18H21N3O2. The summed E-state index contributed by atoms with van der Waals surface area (Å²) in [6.45, 7) is 2.05. The molecule has 1 amide bonds. The summed E-state index contributed by atoms with van der Waals surface area (Å²) in [5.41, 5.74) is 2.10. The Morgan fingerprint density at radius 2 is 1.96 bits per heavy atom. The van der Waals surface area contributed by atoms with Crippen LogP contribution in [0.15, 0.2) is 53.5 Å². The fraction of sp³-hybridized carbons (Fsp3) is 0.333. The van der Waals surface area contributed by atoms with Gasteiger partial charge >= 0.3 is 0 Å². The van der Waals surface area contributed by atoms with E-state index in [-0.39, 0.29) is 17.5 Å². The highest BCUT2D eigenvalue weighted by Crippen LogP contribution is 2.26. The second-order valence-electron chi connectivity index (χ2n) is 5.94. The molecule has 3 rings (SSSR count). The lowest BCUT2D eigenvalue weighted by atomic mass is 10.0. The van der Waals surface area contributed by atoms with E-state index in [0.29, 0.717) is 19.5 Å². The largest absolute Gasteiger partial charge is 0.355 e. The van der Waals surface area contributed by atoms with E-state index in [1.54, 1.807) is 23.9 Å². The maximum Gasteiger partial charge on any atom is 0.250 e. The quantitative estimate of drug-likeness (QED) is 0.933. The molecule has 0 bridgehead atoms.